The lowest BCUT2D eigenvalue weighted by Crippen LogP contribution is -2.24. The van der Waals surface area contributed by atoms with Crippen molar-refractivity contribution in [2.45, 2.75) is 31.0 Å². The minimum atomic E-state index is -0.661. The molecule has 1 N–H and O–H groups in total. The zero-order chi connectivity index (χ0) is 26.0. The third kappa shape index (κ3) is 4.63. The van der Waals surface area contributed by atoms with Gasteiger partial charge in [-0.05, 0) is 45.0 Å². The highest BCUT2D eigenvalue weighted by Crippen LogP contribution is 2.31. The van der Waals surface area contributed by atoms with Crippen LogP contribution in [-0.4, -0.2) is 40.3 Å². The quantitative estimate of drug-likeness (QED) is 0.307. The van der Waals surface area contributed by atoms with Crippen LogP contribution in [0.15, 0.2) is 53.6 Å². The highest BCUT2D eigenvalue weighted by atomic mass is 32.2. The summed E-state index contributed by atoms with van der Waals surface area (Å²) in [6, 6.07) is 14.7. The van der Waals surface area contributed by atoms with E-state index in [1.807, 2.05) is 6.07 Å². The van der Waals surface area contributed by atoms with Gasteiger partial charge in [0.15, 0.2) is 11.6 Å². The molecule has 1 unspecified atom stereocenters. The van der Waals surface area contributed by atoms with Crippen molar-refractivity contribution in [2.75, 3.05) is 11.9 Å². The van der Waals surface area contributed by atoms with E-state index in [9.17, 15) is 24.4 Å². The van der Waals surface area contributed by atoms with Gasteiger partial charge in [0.25, 0.3) is 0 Å². The smallest absolute Gasteiger partial charge is 0.340 e. The van der Waals surface area contributed by atoms with E-state index < -0.39 is 11.2 Å². The van der Waals surface area contributed by atoms with Crippen LogP contribution in [-0.2, 0) is 9.53 Å². The summed E-state index contributed by atoms with van der Waals surface area (Å²) in [6.07, 6.45) is 0. The Balaban J connectivity index is 1.53. The molecule has 1 atom stereocenters. The lowest BCUT2D eigenvalue weighted by atomic mass is 9.84. The molecule has 1 aliphatic rings. The molecule has 0 saturated heterocycles. The molecule has 36 heavy (non-hydrogen) atoms. The zero-order valence-corrected chi connectivity index (χ0v) is 20.6. The molecule has 2 aromatic carbocycles. The fraction of sp³-hybridized carbons (Fsp3) is 0.185. The summed E-state index contributed by atoms with van der Waals surface area (Å²) in [5.74, 6) is -1.46. The third-order valence-electron chi connectivity index (χ3n) is 5.64. The average molecular weight is 500 g/mol. The van der Waals surface area contributed by atoms with Crippen molar-refractivity contribution in [2.24, 2.45) is 0 Å². The van der Waals surface area contributed by atoms with Crippen LogP contribution in [0.4, 0.5) is 5.69 Å². The molecule has 1 heterocycles. The summed E-state index contributed by atoms with van der Waals surface area (Å²) < 4.78 is 5.00. The molecule has 0 bridgehead atoms. The number of esters is 1. The van der Waals surface area contributed by atoms with Crippen molar-refractivity contribution in [1.82, 2.24) is 4.98 Å². The van der Waals surface area contributed by atoms with Crippen LogP contribution >= 0.6 is 11.8 Å². The van der Waals surface area contributed by atoms with Gasteiger partial charge in [-0.3, -0.25) is 14.4 Å². The van der Waals surface area contributed by atoms with Crippen molar-refractivity contribution >= 4 is 40.9 Å². The maximum atomic E-state index is 12.9. The first-order chi connectivity index (χ1) is 17.2. The second kappa shape index (κ2) is 10.1. The topological polar surface area (TPSA) is 126 Å². The fourth-order valence-corrected chi connectivity index (χ4v) is 4.73. The van der Waals surface area contributed by atoms with Gasteiger partial charge < -0.3 is 10.1 Å². The molecule has 8 nitrogen and oxygen atoms in total. The molecule has 4 rings (SSSR count). The second-order valence-electron chi connectivity index (χ2n) is 8.02. The molecule has 180 valence electrons. The molecule has 1 aromatic heterocycles. The number of rotatable bonds is 6. The highest BCUT2D eigenvalue weighted by molar-refractivity contribution is 8.00. The molecule has 0 aliphatic heterocycles. The maximum absolute atomic E-state index is 12.9. The summed E-state index contributed by atoms with van der Waals surface area (Å²) >= 11 is 1.07. The normalized spacial score (nSPS) is 12.7. The van der Waals surface area contributed by atoms with Crippen LogP contribution in [0.2, 0.25) is 0 Å². The molecule has 0 fully saturated rings. The number of amides is 1. The molecule has 9 heteroatoms. The Hall–Kier alpha value is -4.29. The Bertz CT molecular complexity index is 1470. The number of ketones is 2. The summed E-state index contributed by atoms with van der Waals surface area (Å²) in [7, 11) is 0. The van der Waals surface area contributed by atoms with Crippen LogP contribution in [0, 0.1) is 18.3 Å². The molecular weight excluding hydrogens is 478 g/mol. The van der Waals surface area contributed by atoms with E-state index in [0.29, 0.717) is 33.1 Å². The first kappa shape index (κ1) is 24.8. The minimum absolute atomic E-state index is 0.157. The number of nitriles is 1. The van der Waals surface area contributed by atoms with Gasteiger partial charge in [0, 0.05) is 27.9 Å². The van der Waals surface area contributed by atoms with Crippen LogP contribution in [0.25, 0.3) is 0 Å². The molecule has 1 aliphatic carbocycles. The molecule has 0 spiro atoms. The lowest BCUT2D eigenvalue weighted by Gasteiger charge is -2.19. The standard InChI is InChI=1S/C27H21N3O5S/c1-4-35-27(34)21-11-16(13-28)26(29-14(21)2)36-15(3)25(33)30-17-9-10-20-22(12-17)24(32)19-8-6-5-7-18(19)23(20)31/h5-12,15H,4H2,1-3H3,(H,30,33). The van der Waals surface area contributed by atoms with E-state index in [-0.39, 0.29) is 40.8 Å². The number of hydrogen-bond acceptors (Lipinski definition) is 8. The van der Waals surface area contributed by atoms with Crippen molar-refractivity contribution in [3.8, 4) is 6.07 Å². The number of benzene rings is 2. The van der Waals surface area contributed by atoms with Crippen molar-refractivity contribution < 1.29 is 23.9 Å². The Morgan fingerprint density at radius 2 is 1.69 bits per heavy atom. The minimum Gasteiger partial charge on any atom is -0.462 e. The van der Waals surface area contributed by atoms with Crippen molar-refractivity contribution in [3.63, 3.8) is 0 Å². The summed E-state index contributed by atoms with van der Waals surface area (Å²) in [5, 5.41) is 12.0. The van der Waals surface area contributed by atoms with Crippen molar-refractivity contribution in [3.05, 3.63) is 87.6 Å². The number of ether oxygens (including phenoxy) is 1. The number of carbonyl (C=O) groups is 4. The summed E-state index contributed by atoms with van der Waals surface area (Å²) in [6.45, 7) is 5.17. The van der Waals surface area contributed by atoms with Crippen LogP contribution in [0.1, 0.15) is 67.3 Å². The third-order valence-corrected chi connectivity index (χ3v) is 6.75. The maximum Gasteiger partial charge on any atom is 0.340 e. The number of nitrogens with one attached hydrogen (secondary N) is 1. The molecule has 3 aromatic rings. The van der Waals surface area contributed by atoms with Gasteiger partial charge in [0.2, 0.25) is 5.91 Å². The Morgan fingerprint density at radius 1 is 1.06 bits per heavy atom. The van der Waals surface area contributed by atoms with Gasteiger partial charge in [0.05, 0.1) is 28.7 Å². The van der Waals surface area contributed by atoms with Crippen LogP contribution in [0.3, 0.4) is 0 Å². The van der Waals surface area contributed by atoms with Crippen molar-refractivity contribution in [1.29, 1.82) is 5.26 Å². The van der Waals surface area contributed by atoms with E-state index in [4.69, 9.17) is 4.74 Å². The van der Waals surface area contributed by atoms with E-state index >= 15 is 0 Å². The van der Waals surface area contributed by atoms with Gasteiger partial charge in [-0.25, -0.2) is 9.78 Å². The van der Waals surface area contributed by atoms with Gasteiger partial charge in [-0.1, -0.05) is 36.0 Å². The predicted octanol–water partition coefficient (Wildman–Crippen LogP) is 4.33. The first-order valence-electron chi connectivity index (χ1n) is 11.1. The van der Waals surface area contributed by atoms with E-state index in [1.54, 1.807) is 51.1 Å². The molecule has 0 radical (unpaired) electrons. The number of aromatic nitrogens is 1. The molecular formula is C27H21N3O5S. The highest BCUT2D eigenvalue weighted by Gasteiger charge is 2.30. The number of fused-ring (bicyclic) bond motifs is 2. The second-order valence-corrected chi connectivity index (χ2v) is 9.35. The number of carbonyl (C=O) groups excluding carboxylic acids is 4. The van der Waals surface area contributed by atoms with Gasteiger partial charge in [-0.2, -0.15) is 5.26 Å². The number of hydrogen-bond donors (Lipinski definition) is 1. The predicted molar refractivity (Wildman–Crippen MR) is 133 cm³/mol. The summed E-state index contributed by atoms with van der Waals surface area (Å²) in [5.41, 5.74) is 2.33. The Labute approximate surface area is 211 Å². The Kier molecular flexibility index (Phi) is 6.99. The lowest BCUT2D eigenvalue weighted by molar-refractivity contribution is -0.115. The number of pyridine rings is 1. The fourth-order valence-electron chi connectivity index (χ4n) is 3.81. The summed E-state index contributed by atoms with van der Waals surface area (Å²) in [4.78, 5) is 55.1. The number of anilines is 1. The van der Waals surface area contributed by atoms with E-state index in [1.165, 1.54) is 18.2 Å². The van der Waals surface area contributed by atoms with Crippen LogP contribution < -0.4 is 5.32 Å². The largest absolute Gasteiger partial charge is 0.462 e. The van der Waals surface area contributed by atoms with Gasteiger partial charge in [0.1, 0.15) is 11.1 Å². The SMILES string of the molecule is CCOC(=O)c1cc(C#N)c(SC(C)C(=O)Nc2ccc3c(c2)C(=O)c2ccccc2C3=O)nc1C. The monoisotopic (exact) mass is 499 g/mol. The molecule has 1 amide bonds. The van der Waals surface area contributed by atoms with Gasteiger partial charge >= 0.3 is 5.97 Å². The van der Waals surface area contributed by atoms with Crippen LogP contribution in [0.5, 0.6) is 0 Å². The number of aryl methyl sites for hydroxylation is 1. The van der Waals surface area contributed by atoms with Gasteiger partial charge in [-0.15, -0.1) is 0 Å². The van der Waals surface area contributed by atoms with E-state index in [0.717, 1.165) is 11.8 Å². The number of thioether (sulfide) groups is 1. The average Bonchev–Trinajstić information content (AvgIpc) is 2.87. The zero-order valence-electron chi connectivity index (χ0n) is 19.7. The molecule has 0 saturated carbocycles. The number of nitrogens with zero attached hydrogens (tertiary/aromatic N) is 2. The first-order valence-corrected chi connectivity index (χ1v) is 12.0. The van der Waals surface area contributed by atoms with E-state index in [2.05, 4.69) is 10.3 Å². The Morgan fingerprint density at radius 3 is 2.33 bits per heavy atom.